The summed E-state index contributed by atoms with van der Waals surface area (Å²) in [5, 5.41) is 9.16. The van der Waals surface area contributed by atoms with E-state index in [2.05, 4.69) is 16.0 Å². The first-order valence-corrected chi connectivity index (χ1v) is 9.09. The first-order chi connectivity index (χ1) is 12.6. The van der Waals surface area contributed by atoms with Crippen LogP contribution in [-0.2, 0) is 0 Å². The van der Waals surface area contributed by atoms with Crippen LogP contribution in [0.2, 0.25) is 0 Å². The SMILES string of the molecule is Cc1cccc(C(=O)Nc2ccccc2C(=O)NCCC2CCNC2)c1.Cl. The molecule has 6 heteroatoms. The molecule has 2 aromatic rings. The summed E-state index contributed by atoms with van der Waals surface area (Å²) in [6.07, 6.45) is 2.13. The largest absolute Gasteiger partial charge is 0.352 e. The molecule has 0 spiro atoms. The second kappa shape index (κ2) is 10.1. The number of rotatable bonds is 6. The van der Waals surface area contributed by atoms with Crippen LogP contribution in [0.15, 0.2) is 48.5 Å². The molecule has 0 bridgehead atoms. The Bertz CT molecular complexity index is 789. The lowest BCUT2D eigenvalue weighted by Gasteiger charge is -2.13. The zero-order chi connectivity index (χ0) is 18.4. The standard InChI is InChI=1S/C21H25N3O2.ClH/c1-15-5-4-6-17(13-15)20(25)24-19-8-3-2-7-18(19)21(26)23-12-10-16-9-11-22-14-16;/h2-8,13,16,22H,9-12,14H2,1H3,(H,23,26)(H,24,25);1H. The van der Waals surface area contributed by atoms with Crippen molar-refractivity contribution in [3.63, 3.8) is 0 Å². The van der Waals surface area contributed by atoms with E-state index in [-0.39, 0.29) is 24.2 Å². The molecule has 2 aromatic carbocycles. The van der Waals surface area contributed by atoms with Gasteiger partial charge in [0.2, 0.25) is 0 Å². The summed E-state index contributed by atoms with van der Waals surface area (Å²) in [6, 6.07) is 14.5. The number of para-hydroxylation sites is 1. The van der Waals surface area contributed by atoms with Crippen molar-refractivity contribution in [1.29, 1.82) is 0 Å². The van der Waals surface area contributed by atoms with Crippen LogP contribution in [0.1, 0.15) is 39.1 Å². The summed E-state index contributed by atoms with van der Waals surface area (Å²) >= 11 is 0. The Morgan fingerprint density at radius 1 is 1.11 bits per heavy atom. The van der Waals surface area contributed by atoms with E-state index in [1.54, 1.807) is 24.3 Å². The molecule has 3 N–H and O–H groups in total. The Morgan fingerprint density at radius 2 is 1.93 bits per heavy atom. The van der Waals surface area contributed by atoms with Gasteiger partial charge in [-0.2, -0.15) is 0 Å². The van der Waals surface area contributed by atoms with Gasteiger partial charge >= 0.3 is 0 Å². The van der Waals surface area contributed by atoms with Gasteiger partial charge in [-0.1, -0.05) is 29.8 Å². The molecule has 3 rings (SSSR count). The maximum Gasteiger partial charge on any atom is 0.255 e. The lowest BCUT2D eigenvalue weighted by atomic mass is 10.1. The average molecular weight is 388 g/mol. The summed E-state index contributed by atoms with van der Waals surface area (Å²) in [4.78, 5) is 25.0. The van der Waals surface area contributed by atoms with Crippen LogP contribution in [0.4, 0.5) is 5.69 Å². The number of aryl methyl sites for hydroxylation is 1. The molecule has 27 heavy (non-hydrogen) atoms. The first kappa shape index (κ1) is 20.9. The number of benzene rings is 2. The molecule has 144 valence electrons. The van der Waals surface area contributed by atoms with E-state index in [0.29, 0.717) is 29.3 Å². The minimum Gasteiger partial charge on any atom is -0.352 e. The van der Waals surface area contributed by atoms with Crippen LogP contribution in [-0.4, -0.2) is 31.4 Å². The van der Waals surface area contributed by atoms with Gasteiger partial charge in [-0.15, -0.1) is 12.4 Å². The molecule has 1 saturated heterocycles. The molecule has 0 saturated carbocycles. The van der Waals surface area contributed by atoms with Gasteiger partial charge in [0, 0.05) is 12.1 Å². The van der Waals surface area contributed by atoms with Gasteiger partial charge in [-0.3, -0.25) is 9.59 Å². The van der Waals surface area contributed by atoms with Crippen LogP contribution in [0.5, 0.6) is 0 Å². The fourth-order valence-electron chi connectivity index (χ4n) is 3.22. The molecule has 0 aliphatic carbocycles. The fraction of sp³-hybridized carbons (Fsp3) is 0.333. The number of anilines is 1. The van der Waals surface area contributed by atoms with Gasteiger partial charge in [0.15, 0.2) is 0 Å². The molecule has 0 radical (unpaired) electrons. The van der Waals surface area contributed by atoms with Gasteiger partial charge in [0.25, 0.3) is 11.8 Å². The quantitative estimate of drug-likeness (QED) is 0.711. The van der Waals surface area contributed by atoms with Crippen molar-refractivity contribution < 1.29 is 9.59 Å². The van der Waals surface area contributed by atoms with Gasteiger partial charge < -0.3 is 16.0 Å². The van der Waals surface area contributed by atoms with E-state index < -0.39 is 0 Å². The highest BCUT2D eigenvalue weighted by atomic mass is 35.5. The Morgan fingerprint density at radius 3 is 2.67 bits per heavy atom. The third kappa shape index (κ3) is 5.81. The van der Waals surface area contributed by atoms with Crippen molar-refractivity contribution >= 4 is 29.9 Å². The smallest absolute Gasteiger partial charge is 0.255 e. The van der Waals surface area contributed by atoms with Crippen molar-refractivity contribution in [3.8, 4) is 0 Å². The summed E-state index contributed by atoms with van der Waals surface area (Å²) in [5.74, 6) is 0.258. The molecule has 2 amide bonds. The Balaban J connectivity index is 0.00000261. The molecule has 5 nitrogen and oxygen atoms in total. The molecule has 1 heterocycles. The number of halogens is 1. The Labute approximate surface area is 166 Å². The normalized spacial score (nSPS) is 15.7. The highest BCUT2D eigenvalue weighted by Crippen LogP contribution is 2.17. The summed E-state index contributed by atoms with van der Waals surface area (Å²) in [6.45, 7) is 4.68. The van der Waals surface area contributed by atoms with E-state index in [9.17, 15) is 9.59 Å². The van der Waals surface area contributed by atoms with Gasteiger partial charge in [0.1, 0.15) is 0 Å². The lowest BCUT2D eigenvalue weighted by Crippen LogP contribution is -2.27. The third-order valence-corrected chi connectivity index (χ3v) is 4.70. The topological polar surface area (TPSA) is 70.2 Å². The van der Waals surface area contributed by atoms with Gasteiger partial charge in [-0.05, 0) is 63.0 Å². The molecule has 1 unspecified atom stereocenters. The predicted octanol–water partition coefficient (Wildman–Crippen LogP) is 3.40. The number of carbonyl (C=O) groups is 2. The first-order valence-electron chi connectivity index (χ1n) is 9.09. The zero-order valence-corrected chi connectivity index (χ0v) is 16.3. The van der Waals surface area contributed by atoms with Crippen LogP contribution >= 0.6 is 12.4 Å². The Hall–Kier alpha value is -2.37. The molecule has 1 atom stereocenters. The lowest BCUT2D eigenvalue weighted by molar-refractivity contribution is 0.0952. The monoisotopic (exact) mass is 387 g/mol. The molecule has 1 aliphatic heterocycles. The van der Waals surface area contributed by atoms with Gasteiger partial charge in [0.05, 0.1) is 11.3 Å². The number of hydrogen-bond donors (Lipinski definition) is 3. The molecule has 1 fully saturated rings. The van der Waals surface area contributed by atoms with Crippen molar-refractivity contribution in [1.82, 2.24) is 10.6 Å². The number of amides is 2. The molecular formula is C21H26ClN3O2. The maximum atomic E-state index is 12.5. The number of hydrogen-bond acceptors (Lipinski definition) is 3. The van der Waals surface area contributed by atoms with Crippen molar-refractivity contribution in [2.75, 3.05) is 25.0 Å². The van der Waals surface area contributed by atoms with Crippen LogP contribution in [0.3, 0.4) is 0 Å². The molecular weight excluding hydrogens is 362 g/mol. The third-order valence-electron chi connectivity index (χ3n) is 4.70. The average Bonchev–Trinajstić information content (AvgIpc) is 3.15. The summed E-state index contributed by atoms with van der Waals surface area (Å²) in [5.41, 5.74) is 2.61. The number of carbonyl (C=O) groups excluding carboxylic acids is 2. The van der Waals surface area contributed by atoms with Gasteiger partial charge in [-0.25, -0.2) is 0 Å². The highest BCUT2D eigenvalue weighted by molar-refractivity contribution is 6.09. The van der Waals surface area contributed by atoms with Crippen molar-refractivity contribution in [3.05, 3.63) is 65.2 Å². The maximum absolute atomic E-state index is 12.5. The second-order valence-corrected chi connectivity index (χ2v) is 6.77. The number of nitrogens with one attached hydrogen (secondary N) is 3. The highest BCUT2D eigenvalue weighted by Gasteiger charge is 2.16. The second-order valence-electron chi connectivity index (χ2n) is 6.77. The van der Waals surface area contributed by atoms with Crippen molar-refractivity contribution in [2.45, 2.75) is 19.8 Å². The molecule has 0 aromatic heterocycles. The summed E-state index contributed by atoms with van der Waals surface area (Å²) < 4.78 is 0. The van der Waals surface area contributed by atoms with Crippen LogP contribution in [0, 0.1) is 12.8 Å². The van der Waals surface area contributed by atoms with E-state index in [1.165, 1.54) is 6.42 Å². The minimum atomic E-state index is -0.217. The van der Waals surface area contributed by atoms with Crippen molar-refractivity contribution in [2.24, 2.45) is 5.92 Å². The predicted molar refractivity (Wildman–Crippen MR) is 111 cm³/mol. The Kier molecular flexibility index (Phi) is 7.82. The van der Waals surface area contributed by atoms with E-state index in [4.69, 9.17) is 0 Å². The van der Waals surface area contributed by atoms with Crippen LogP contribution < -0.4 is 16.0 Å². The van der Waals surface area contributed by atoms with E-state index in [1.807, 2.05) is 31.2 Å². The fourth-order valence-corrected chi connectivity index (χ4v) is 3.22. The molecule has 1 aliphatic rings. The van der Waals surface area contributed by atoms with E-state index in [0.717, 1.165) is 25.1 Å². The zero-order valence-electron chi connectivity index (χ0n) is 15.5. The van der Waals surface area contributed by atoms with Crippen LogP contribution in [0.25, 0.3) is 0 Å². The van der Waals surface area contributed by atoms with E-state index >= 15 is 0 Å². The minimum absolute atomic E-state index is 0. The summed E-state index contributed by atoms with van der Waals surface area (Å²) in [7, 11) is 0.